The van der Waals surface area contributed by atoms with Gasteiger partial charge in [-0.2, -0.15) is 0 Å². The number of ether oxygens (including phenoxy) is 1. The molecule has 2 rings (SSSR count). The molecule has 1 aliphatic carbocycles. The number of carbonyl (C=O) groups is 1. The Hall–Kier alpha value is -1.51. The van der Waals surface area contributed by atoms with Crippen LogP contribution in [-0.2, 0) is 24.1 Å². The van der Waals surface area contributed by atoms with Crippen LogP contribution in [0, 0.1) is 0 Å². The molecular formula is C13H16O3. The molecule has 0 amide bonds. The summed E-state index contributed by atoms with van der Waals surface area (Å²) in [6, 6.07) is 3.90. The summed E-state index contributed by atoms with van der Waals surface area (Å²) < 4.78 is 5.21. The number of carboxylic acids is 1. The molecule has 0 atom stereocenters. The van der Waals surface area contributed by atoms with Crippen LogP contribution in [0.1, 0.15) is 29.5 Å². The van der Waals surface area contributed by atoms with Gasteiger partial charge in [0.25, 0.3) is 0 Å². The fourth-order valence-electron chi connectivity index (χ4n) is 2.37. The van der Waals surface area contributed by atoms with Gasteiger partial charge in [0, 0.05) is 0 Å². The first-order chi connectivity index (χ1) is 7.70. The number of fused-ring (bicyclic) bond motifs is 1. The third kappa shape index (κ3) is 2.18. The normalized spacial score (nSPS) is 14.3. The van der Waals surface area contributed by atoms with E-state index in [2.05, 4.69) is 0 Å². The van der Waals surface area contributed by atoms with Crippen LogP contribution < -0.4 is 4.74 Å². The lowest BCUT2D eigenvalue weighted by Gasteiger charge is -2.20. The molecule has 0 saturated carbocycles. The van der Waals surface area contributed by atoms with Crippen molar-refractivity contribution in [1.82, 2.24) is 0 Å². The van der Waals surface area contributed by atoms with Crippen molar-refractivity contribution < 1.29 is 14.6 Å². The Labute approximate surface area is 95.0 Å². The fraction of sp³-hybridized carbons (Fsp3) is 0.462. The Morgan fingerprint density at radius 2 is 2.12 bits per heavy atom. The number of methoxy groups -OCH3 is 1. The molecule has 0 aliphatic heterocycles. The van der Waals surface area contributed by atoms with Crippen LogP contribution >= 0.6 is 0 Å². The molecule has 3 heteroatoms. The standard InChI is InChI=1S/C13H16O3/c1-16-11-6-9-4-2-3-5-12(9)10(7-11)8-13(14)15/h6-7H,2-5,8H2,1H3,(H,14,15). The average Bonchev–Trinajstić information content (AvgIpc) is 2.28. The molecule has 3 nitrogen and oxygen atoms in total. The molecule has 0 unspecified atom stereocenters. The van der Waals surface area contributed by atoms with E-state index in [4.69, 9.17) is 9.84 Å². The monoisotopic (exact) mass is 220 g/mol. The summed E-state index contributed by atoms with van der Waals surface area (Å²) in [4.78, 5) is 10.8. The van der Waals surface area contributed by atoms with E-state index < -0.39 is 5.97 Å². The Morgan fingerprint density at radius 1 is 1.38 bits per heavy atom. The number of aliphatic carboxylic acids is 1. The van der Waals surface area contributed by atoms with E-state index in [0.717, 1.165) is 30.6 Å². The first kappa shape index (κ1) is 11.0. The highest BCUT2D eigenvalue weighted by molar-refractivity contribution is 5.71. The van der Waals surface area contributed by atoms with E-state index in [0.29, 0.717) is 0 Å². The maximum atomic E-state index is 10.8. The second-order valence-corrected chi connectivity index (χ2v) is 4.20. The second kappa shape index (κ2) is 4.56. The number of benzene rings is 1. The first-order valence-corrected chi connectivity index (χ1v) is 5.61. The number of hydrogen-bond acceptors (Lipinski definition) is 2. The molecule has 1 aromatic rings. The van der Waals surface area contributed by atoms with Crippen LogP contribution in [0.4, 0.5) is 0 Å². The van der Waals surface area contributed by atoms with Crippen molar-refractivity contribution in [1.29, 1.82) is 0 Å². The number of aryl methyl sites for hydroxylation is 1. The molecule has 1 N–H and O–H groups in total. The lowest BCUT2D eigenvalue weighted by atomic mass is 9.87. The van der Waals surface area contributed by atoms with E-state index in [-0.39, 0.29) is 6.42 Å². The van der Waals surface area contributed by atoms with Crippen molar-refractivity contribution in [2.75, 3.05) is 7.11 Å². The summed E-state index contributed by atoms with van der Waals surface area (Å²) in [5.74, 6) is -0.00192. The van der Waals surface area contributed by atoms with Crippen molar-refractivity contribution in [2.45, 2.75) is 32.1 Å². The quantitative estimate of drug-likeness (QED) is 0.849. The predicted octanol–water partition coefficient (Wildman–Crippen LogP) is 2.20. The summed E-state index contributed by atoms with van der Waals surface area (Å²) >= 11 is 0. The van der Waals surface area contributed by atoms with E-state index >= 15 is 0 Å². The zero-order valence-electron chi connectivity index (χ0n) is 9.45. The molecule has 0 saturated heterocycles. The fourth-order valence-corrected chi connectivity index (χ4v) is 2.37. The highest BCUT2D eigenvalue weighted by Gasteiger charge is 2.16. The Balaban J connectivity index is 2.43. The van der Waals surface area contributed by atoms with E-state index in [1.54, 1.807) is 7.11 Å². The minimum atomic E-state index is -0.777. The van der Waals surface area contributed by atoms with Crippen LogP contribution in [0.3, 0.4) is 0 Å². The summed E-state index contributed by atoms with van der Waals surface area (Å²) in [6.45, 7) is 0. The molecule has 0 heterocycles. The van der Waals surface area contributed by atoms with Gasteiger partial charge in [-0.25, -0.2) is 0 Å². The molecular weight excluding hydrogens is 204 g/mol. The van der Waals surface area contributed by atoms with Gasteiger partial charge in [-0.3, -0.25) is 4.79 Å². The van der Waals surface area contributed by atoms with Gasteiger partial charge in [0.15, 0.2) is 0 Å². The summed E-state index contributed by atoms with van der Waals surface area (Å²) in [6.07, 6.45) is 4.49. The number of carboxylic acid groups (broad SMARTS) is 1. The maximum absolute atomic E-state index is 10.8. The van der Waals surface area contributed by atoms with Crippen LogP contribution in [0.15, 0.2) is 12.1 Å². The van der Waals surface area contributed by atoms with Crippen molar-refractivity contribution in [3.05, 3.63) is 28.8 Å². The summed E-state index contributed by atoms with van der Waals surface area (Å²) in [5.41, 5.74) is 3.41. The van der Waals surface area contributed by atoms with Crippen molar-refractivity contribution in [3.63, 3.8) is 0 Å². The molecule has 0 aromatic heterocycles. The minimum Gasteiger partial charge on any atom is -0.497 e. The Kier molecular flexibility index (Phi) is 3.13. The Bertz CT molecular complexity index is 410. The molecule has 1 aliphatic rings. The highest BCUT2D eigenvalue weighted by Crippen LogP contribution is 2.29. The predicted molar refractivity (Wildman–Crippen MR) is 61.0 cm³/mol. The van der Waals surface area contributed by atoms with Crippen LogP contribution in [0.5, 0.6) is 5.75 Å². The molecule has 1 aromatic carbocycles. The zero-order chi connectivity index (χ0) is 11.5. The average molecular weight is 220 g/mol. The van der Waals surface area contributed by atoms with Crippen LogP contribution in [0.25, 0.3) is 0 Å². The second-order valence-electron chi connectivity index (χ2n) is 4.20. The van der Waals surface area contributed by atoms with E-state index in [1.807, 2.05) is 12.1 Å². The third-order valence-corrected chi connectivity index (χ3v) is 3.11. The smallest absolute Gasteiger partial charge is 0.307 e. The van der Waals surface area contributed by atoms with Crippen LogP contribution in [-0.4, -0.2) is 18.2 Å². The van der Waals surface area contributed by atoms with E-state index in [1.165, 1.54) is 17.5 Å². The van der Waals surface area contributed by atoms with Crippen LogP contribution in [0.2, 0.25) is 0 Å². The van der Waals surface area contributed by atoms with Gasteiger partial charge in [-0.1, -0.05) is 0 Å². The molecule has 16 heavy (non-hydrogen) atoms. The van der Waals surface area contributed by atoms with Gasteiger partial charge in [0.1, 0.15) is 5.75 Å². The summed E-state index contributed by atoms with van der Waals surface area (Å²) in [5, 5.41) is 8.89. The van der Waals surface area contributed by atoms with Crippen molar-refractivity contribution in [3.8, 4) is 5.75 Å². The SMILES string of the molecule is COc1cc2c(c(CC(=O)O)c1)CCCC2. The number of hydrogen-bond donors (Lipinski definition) is 1. The van der Waals surface area contributed by atoms with Crippen molar-refractivity contribution in [2.24, 2.45) is 0 Å². The number of rotatable bonds is 3. The molecule has 86 valence electrons. The topological polar surface area (TPSA) is 46.5 Å². The van der Waals surface area contributed by atoms with Gasteiger partial charge in [0.2, 0.25) is 0 Å². The molecule has 0 fully saturated rings. The van der Waals surface area contributed by atoms with Gasteiger partial charge in [-0.05, 0) is 54.5 Å². The zero-order valence-corrected chi connectivity index (χ0v) is 9.45. The molecule has 0 radical (unpaired) electrons. The van der Waals surface area contributed by atoms with E-state index in [9.17, 15) is 4.79 Å². The lowest BCUT2D eigenvalue weighted by Crippen LogP contribution is -2.10. The first-order valence-electron chi connectivity index (χ1n) is 5.61. The summed E-state index contributed by atoms with van der Waals surface area (Å²) in [7, 11) is 1.62. The third-order valence-electron chi connectivity index (χ3n) is 3.11. The lowest BCUT2D eigenvalue weighted by molar-refractivity contribution is -0.136. The minimum absolute atomic E-state index is 0.0968. The maximum Gasteiger partial charge on any atom is 0.307 e. The van der Waals surface area contributed by atoms with Gasteiger partial charge < -0.3 is 9.84 Å². The van der Waals surface area contributed by atoms with Gasteiger partial charge in [-0.15, -0.1) is 0 Å². The van der Waals surface area contributed by atoms with Gasteiger partial charge in [0.05, 0.1) is 13.5 Å². The molecule has 0 bridgehead atoms. The van der Waals surface area contributed by atoms with Gasteiger partial charge >= 0.3 is 5.97 Å². The highest BCUT2D eigenvalue weighted by atomic mass is 16.5. The Morgan fingerprint density at radius 3 is 2.81 bits per heavy atom. The molecule has 0 spiro atoms. The largest absolute Gasteiger partial charge is 0.497 e. The van der Waals surface area contributed by atoms with Crippen molar-refractivity contribution >= 4 is 5.97 Å².